The van der Waals surface area contributed by atoms with Crippen LogP contribution in [0, 0.1) is 25.7 Å². The largest absolute Gasteiger partial charge is 0.475 e. The van der Waals surface area contributed by atoms with Gasteiger partial charge in [0.2, 0.25) is 11.8 Å². The molecule has 2 N–H and O–H groups in total. The molecule has 11 nitrogen and oxygen atoms in total. The Labute approximate surface area is 288 Å². The van der Waals surface area contributed by atoms with Crippen LogP contribution in [0.3, 0.4) is 0 Å². The van der Waals surface area contributed by atoms with Crippen LogP contribution in [0.15, 0.2) is 71.8 Å². The smallest absolute Gasteiger partial charge is 0.264 e. The van der Waals surface area contributed by atoms with Crippen molar-refractivity contribution in [2.24, 2.45) is 11.8 Å². The number of hydrogen-bond donors (Lipinski definition) is 2. The molecule has 2 aliphatic rings. The van der Waals surface area contributed by atoms with Crippen molar-refractivity contribution < 1.29 is 23.1 Å². The maximum Gasteiger partial charge on any atom is 0.264 e. The molecular formula is C37H44N6O5S. The van der Waals surface area contributed by atoms with Crippen LogP contribution in [-0.4, -0.2) is 71.6 Å². The van der Waals surface area contributed by atoms with E-state index in [0.717, 1.165) is 54.0 Å². The standard InChI is InChI=1S/C37H44N6O5S/c1-24(2)17-30-23-48-34-19-32(35-25(3)7-5-8-26(35)4)39-37(40-34)41-49(46,47)31-10-6-9-29(18-31)36(45)43(30)21-28-11-12-33(38-20-28)42-15-13-27(22-44)14-16-42/h5-12,18-20,24,27,30,44H,13-17,21-23H2,1-4H3,(H,39,40,41)/t30-/m1/s1. The van der Waals surface area contributed by atoms with E-state index in [0.29, 0.717) is 18.0 Å². The molecule has 1 fully saturated rings. The monoisotopic (exact) mass is 684 g/mol. The average Bonchev–Trinajstić information content (AvgIpc) is 3.08. The van der Waals surface area contributed by atoms with Gasteiger partial charge in [0.15, 0.2) is 0 Å². The number of carbonyl (C=O) groups is 1. The van der Waals surface area contributed by atoms with Crippen LogP contribution in [0.1, 0.15) is 60.2 Å². The van der Waals surface area contributed by atoms with E-state index < -0.39 is 10.0 Å². The minimum Gasteiger partial charge on any atom is -0.475 e. The van der Waals surface area contributed by atoms with Gasteiger partial charge in [0.1, 0.15) is 12.4 Å². The van der Waals surface area contributed by atoms with Crippen LogP contribution >= 0.6 is 0 Å². The third-order valence-corrected chi connectivity index (χ3v) is 10.6. The lowest BCUT2D eigenvalue weighted by Gasteiger charge is -2.34. The highest BCUT2D eigenvalue weighted by atomic mass is 32.2. The Morgan fingerprint density at radius 2 is 1.73 bits per heavy atom. The normalized spacial score (nSPS) is 18.2. The van der Waals surface area contributed by atoms with E-state index in [4.69, 9.17) is 9.72 Å². The lowest BCUT2D eigenvalue weighted by atomic mass is 9.98. The molecule has 0 unspecified atom stereocenters. The van der Waals surface area contributed by atoms with E-state index in [2.05, 4.69) is 33.4 Å². The number of pyridine rings is 1. The van der Waals surface area contributed by atoms with E-state index in [9.17, 15) is 18.3 Å². The summed E-state index contributed by atoms with van der Waals surface area (Å²) in [5.74, 6) is 1.19. The molecule has 0 aliphatic carbocycles. The molecule has 1 amide bonds. The lowest BCUT2D eigenvalue weighted by Crippen LogP contribution is -2.44. The molecule has 49 heavy (non-hydrogen) atoms. The molecule has 4 heterocycles. The maximum absolute atomic E-state index is 14.4. The van der Waals surface area contributed by atoms with E-state index in [1.807, 2.05) is 44.2 Å². The number of ether oxygens (including phenoxy) is 1. The second-order valence-corrected chi connectivity index (χ2v) is 15.2. The van der Waals surface area contributed by atoms with Crippen molar-refractivity contribution >= 4 is 27.7 Å². The summed E-state index contributed by atoms with van der Waals surface area (Å²) >= 11 is 0. The first-order valence-corrected chi connectivity index (χ1v) is 18.3. The number of piperidine rings is 1. The summed E-state index contributed by atoms with van der Waals surface area (Å²) in [6.45, 7) is 10.4. The summed E-state index contributed by atoms with van der Waals surface area (Å²) in [6, 6.07) is 17.3. The zero-order chi connectivity index (χ0) is 34.7. The third kappa shape index (κ3) is 7.86. The number of aliphatic hydroxyl groups is 1. The van der Waals surface area contributed by atoms with Gasteiger partial charge in [-0.05, 0) is 85.9 Å². The number of sulfonamides is 1. The number of hydrogen-bond acceptors (Lipinski definition) is 9. The fourth-order valence-electron chi connectivity index (χ4n) is 6.65. The topological polar surface area (TPSA) is 138 Å². The van der Waals surface area contributed by atoms with Crippen LogP contribution in [-0.2, 0) is 16.6 Å². The van der Waals surface area contributed by atoms with Gasteiger partial charge in [-0.3, -0.25) is 4.79 Å². The Balaban J connectivity index is 1.38. The molecule has 4 aromatic rings. The highest BCUT2D eigenvalue weighted by Crippen LogP contribution is 2.31. The van der Waals surface area contributed by atoms with Gasteiger partial charge < -0.3 is 19.6 Å². The number of nitrogens with one attached hydrogen (secondary N) is 1. The van der Waals surface area contributed by atoms with Gasteiger partial charge in [-0.1, -0.05) is 44.2 Å². The van der Waals surface area contributed by atoms with Crippen molar-refractivity contribution in [1.82, 2.24) is 19.9 Å². The molecule has 0 spiro atoms. The van der Waals surface area contributed by atoms with Gasteiger partial charge >= 0.3 is 0 Å². The molecule has 2 aromatic carbocycles. The lowest BCUT2D eigenvalue weighted by molar-refractivity contribution is 0.0553. The number of rotatable bonds is 7. The summed E-state index contributed by atoms with van der Waals surface area (Å²) in [5, 5.41) is 9.52. The predicted octanol–water partition coefficient (Wildman–Crippen LogP) is 5.61. The fourth-order valence-corrected chi connectivity index (χ4v) is 7.64. The highest BCUT2D eigenvalue weighted by Gasteiger charge is 2.30. The van der Waals surface area contributed by atoms with E-state index in [-0.39, 0.29) is 59.9 Å². The van der Waals surface area contributed by atoms with Gasteiger partial charge in [-0.25, -0.2) is 23.1 Å². The minimum atomic E-state index is -4.16. The van der Waals surface area contributed by atoms with Crippen LogP contribution in [0.2, 0.25) is 0 Å². The van der Waals surface area contributed by atoms with Crippen LogP contribution in [0.5, 0.6) is 5.88 Å². The molecule has 1 atom stereocenters. The Hall–Kier alpha value is -4.55. The molecule has 0 saturated carbocycles. The third-order valence-electron chi connectivity index (χ3n) is 9.28. The number of anilines is 2. The van der Waals surface area contributed by atoms with Crippen LogP contribution < -0.4 is 14.4 Å². The highest BCUT2D eigenvalue weighted by molar-refractivity contribution is 7.92. The zero-order valence-electron chi connectivity index (χ0n) is 28.5. The molecule has 2 aromatic heterocycles. The van der Waals surface area contributed by atoms with Crippen molar-refractivity contribution in [2.45, 2.75) is 64.4 Å². The summed E-state index contributed by atoms with van der Waals surface area (Å²) in [4.78, 5) is 32.1. The van der Waals surface area contributed by atoms with Crippen LogP contribution in [0.25, 0.3) is 11.3 Å². The van der Waals surface area contributed by atoms with Crippen molar-refractivity contribution in [3.05, 3.63) is 89.1 Å². The summed E-state index contributed by atoms with van der Waals surface area (Å²) < 4.78 is 36.2. The van der Waals surface area contributed by atoms with E-state index in [1.165, 1.54) is 12.1 Å². The number of benzene rings is 2. The number of carbonyl (C=O) groups excluding carboxylic acids is 1. The number of fused-ring (bicyclic) bond motifs is 4. The summed E-state index contributed by atoms with van der Waals surface area (Å²) in [5.41, 5.74) is 4.44. The Morgan fingerprint density at radius 1 is 1.00 bits per heavy atom. The minimum absolute atomic E-state index is 0.0718. The summed E-state index contributed by atoms with van der Waals surface area (Å²) in [7, 11) is -4.16. The molecule has 6 rings (SSSR count). The number of nitrogens with zero attached hydrogens (tertiary/aromatic N) is 5. The SMILES string of the molecule is Cc1cccc(C)c1-c1cc2nc(n1)NS(=O)(=O)c1cccc(c1)C(=O)N(Cc1ccc(N3CCC(CO)CC3)nc1)[C@H](CC(C)C)CO2. The first kappa shape index (κ1) is 34.3. The first-order chi connectivity index (χ1) is 23.5. The number of aryl methyl sites for hydroxylation is 2. The van der Waals surface area contributed by atoms with Gasteiger partial charge in [0, 0.05) is 49.6 Å². The van der Waals surface area contributed by atoms with Gasteiger partial charge in [-0.2, -0.15) is 4.98 Å². The zero-order valence-corrected chi connectivity index (χ0v) is 29.3. The molecule has 4 bridgehead atoms. The quantitative estimate of drug-likeness (QED) is 0.254. The number of aromatic nitrogens is 3. The van der Waals surface area contributed by atoms with Gasteiger partial charge in [-0.15, -0.1) is 0 Å². The van der Waals surface area contributed by atoms with Crippen LogP contribution in [0.4, 0.5) is 11.8 Å². The van der Waals surface area contributed by atoms with Crippen molar-refractivity contribution in [2.75, 3.05) is 35.9 Å². The predicted molar refractivity (Wildman–Crippen MR) is 189 cm³/mol. The molecule has 0 radical (unpaired) electrons. The Bertz CT molecular complexity index is 1890. The van der Waals surface area contributed by atoms with Gasteiger partial charge in [0.05, 0.1) is 16.6 Å². The Morgan fingerprint density at radius 3 is 2.41 bits per heavy atom. The second-order valence-electron chi connectivity index (χ2n) is 13.5. The molecule has 1 saturated heterocycles. The molecular weight excluding hydrogens is 641 g/mol. The van der Waals surface area contributed by atoms with Crippen molar-refractivity contribution in [3.8, 4) is 17.1 Å². The van der Waals surface area contributed by atoms with Crippen molar-refractivity contribution in [1.29, 1.82) is 0 Å². The number of aliphatic hydroxyl groups excluding tert-OH is 1. The molecule has 12 heteroatoms. The van der Waals surface area contributed by atoms with E-state index >= 15 is 0 Å². The fraction of sp³-hybridized carbons (Fsp3) is 0.405. The van der Waals surface area contributed by atoms with E-state index in [1.54, 1.807) is 29.3 Å². The van der Waals surface area contributed by atoms with Crippen molar-refractivity contribution in [3.63, 3.8) is 0 Å². The number of amides is 1. The second kappa shape index (κ2) is 14.5. The maximum atomic E-state index is 14.4. The summed E-state index contributed by atoms with van der Waals surface area (Å²) in [6.07, 6.45) is 4.27. The first-order valence-electron chi connectivity index (χ1n) is 16.8. The molecule has 2 aliphatic heterocycles. The van der Waals surface area contributed by atoms with Gasteiger partial charge in [0.25, 0.3) is 15.9 Å². The average molecular weight is 685 g/mol. The Kier molecular flexibility index (Phi) is 10.2. The molecule has 258 valence electrons.